The third kappa shape index (κ3) is 3.94. The molecule has 1 heterocycles. The van der Waals surface area contributed by atoms with Gasteiger partial charge in [0.05, 0.1) is 29.5 Å². The molecule has 0 fully saturated rings. The lowest BCUT2D eigenvalue weighted by molar-refractivity contribution is -0.143. The molecule has 0 atom stereocenters. The van der Waals surface area contributed by atoms with E-state index >= 15 is 0 Å². The van der Waals surface area contributed by atoms with E-state index in [0.29, 0.717) is 11.8 Å². The number of esters is 1. The summed E-state index contributed by atoms with van der Waals surface area (Å²) in [4.78, 5) is 28.7. The number of rotatable bonds is 5. The van der Waals surface area contributed by atoms with Crippen molar-refractivity contribution in [1.82, 2.24) is 4.57 Å². The average Bonchev–Trinajstić information content (AvgIpc) is 2.98. The summed E-state index contributed by atoms with van der Waals surface area (Å²) in [6.07, 6.45) is 0. The molecule has 0 saturated carbocycles. The van der Waals surface area contributed by atoms with Crippen LogP contribution in [0.3, 0.4) is 0 Å². The van der Waals surface area contributed by atoms with E-state index in [2.05, 4.69) is 4.99 Å². The first-order valence-electron chi connectivity index (χ1n) is 8.30. The number of methoxy groups -OCH3 is 1. The summed E-state index contributed by atoms with van der Waals surface area (Å²) in [5.74, 6) is -2.56. The van der Waals surface area contributed by atoms with Gasteiger partial charge in [0.1, 0.15) is 18.1 Å². The molecule has 3 rings (SSSR count). The highest BCUT2D eigenvalue weighted by molar-refractivity contribution is 7.16. The van der Waals surface area contributed by atoms with Crippen molar-refractivity contribution in [2.24, 2.45) is 4.99 Å². The topological polar surface area (TPSA) is 69.9 Å². The van der Waals surface area contributed by atoms with Crippen molar-refractivity contribution in [2.45, 2.75) is 13.5 Å². The fourth-order valence-electron chi connectivity index (χ4n) is 2.67. The number of fused-ring (bicyclic) bond motifs is 1. The van der Waals surface area contributed by atoms with Crippen molar-refractivity contribution in [3.63, 3.8) is 0 Å². The second-order valence-corrected chi connectivity index (χ2v) is 6.64. The molecule has 0 aliphatic heterocycles. The maximum Gasteiger partial charge on any atom is 0.326 e. The Labute approximate surface area is 162 Å². The standard InChI is InChI=1S/C19H16F2N2O4S/c1-3-27-16(24)10-23-17-13(21)8-11(20)9-15(17)28-19(23)22-18(25)12-6-4-5-7-14(12)26-2/h4-9H,3,10H2,1-2H3. The number of amides is 1. The SMILES string of the molecule is CCOC(=O)Cn1c(=NC(=O)c2ccccc2OC)sc2cc(F)cc(F)c21. The Balaban J connectivity index is 2.18. The summed E-state index contributed by atoms with van der Waals surface area (Å²) in [7, 11) is 1.42. The highest BCUT2D eigenvalue weighted by Gasteiger charge is 2.18. The number of nitrogens with zero attached hydrogens (tertiary/aromatic N) is 2. The van der Waals surface area contributed by atoms with Crippen molar-refractivity contribution < 1.29 is 27.8 Å². The van der Waals surface area contributed by atoms with Crippen LogP contribution in [-0.4, -0.2) is 30.2 Å². The van der Waals surface area contributed by atoms with E-state index in [-0.39, 0.29) is 33.7 Å². The van der Waals surface area contributed by atoms with E-state index in [0.717, 1.165) is 17.4 Å². The fraction of sp³-hybridized carbons (Fsp3) is 0.211. The van der Waals surface area contributed by atoms with Gasteiger partial charge in [-0.1, -0.05) is 23.5 Å². The van der Waals surface area contributed by atoms with Gasteiger partial charge in [0.15, 0.2) is 10.6 Å². The van der Waals surface area contributed by atoms with Crippen LogP contribution in [0, 0.1) is 11.6 Å². The van der Waals surface area contributed by atoms with E-state index in [1.165, 1.54) is 17.7 Å². The smallest absolute Gasteiger partial charge is 0.326 e. The molecular formula is C19H16F2N2O4S. The van der Waals surface area contributed by atoms with E-state index in [9.17, 15) is 18.4 Å². The molecule has 0 spiro atoms. The van der Waals surface area contributed by atoms with Crippen molar-refractivity contribution in [1.29, 1.82) is 0 Å². The first-order valence-corrected chi connectivity index (χ1v) is 9.12. The summed E-state index contributed by atoms with van der Waals surface area (Å²) in [5, 5.41) is 0. The molecule has 1 amide bonds. The lowest BCUT2D eigenvalue weighted by Gasteiger charge is -2.06. The number of carbonyl (C=O) groups is 2. The Morgan fingerprint density at radius 3 is 2.68 bits per heavy atom. The van der Waals surface area contributed by atoms with Crippen molar-refractivity contribution in [2.75, 3.05) is 13.7 Å². The number of para-hydroxylation sites is 1. The summed E-state index contributed by atoms with van der Waals surface area (Å²) >= 11 is 0.896. The van der Waals surface area contributed by atoms with Crippen LogP contribution < -0.4 is 9.54 Å². The second kappa shape index (κ2) is 8.30. The van der Waals surface area contributed by atoms with Crippen LogP contribution in [0.1, 0.15) is 17.3 Å². The Bertz CT molecular complexity index is 1120. The molecule has 0 unspecified atom stereocenters. The van der Waals surface area contributed by atoms with Gasteiger partial charge in [0, 0.05) is 6.07 Å². The number of carbonyl (C=O) groups excluding carboxylic acids is 2. The summed E-state index contributed by atoms with van der Waals surface area (Å²) in [6.45, 7) is 1.42. The van der Waals surface area contributed by atoms with Crippen LogP contribution in [0.25, 0.3) is 10.2 Å². The van der Waals surface area contributed by atoms with Crippen molar-refractivity contribution in [3.05, 3.63) is 58.4 Å². The normalized spacial score (nSPS) is 11.6. The van der Waals surface area contributed by atoms with E-state index < -0.39 is 23.5 Å². The number of ether oxygens (including phenoxy) is 2. The third-order valence-corrected chi connectivity index (χ3v) is 4.85. The highest BCUT2D eigenvalue weighted by atomic mass is 32.1. The molecule has 0 saturated heterocycles. The van der Waals surface area contributed by atoms with Crippen LogP contribution in [-0.2, 0) is 16.1 Å². The molecule has 0 bridgehead atoms. The molecule has 0 aliphatic rings. The summed E-state index contributed by atoms with van der Waals surface area (Å²) in [5.41, 5.74) is 0.183. The number of hydrogen-bond acceptors (Lipinski definition) is 5. The summed E-state index contributed by atoms with van der Waals surface area (Å²) < 4.78 is 39.5. The fourth-order valence-corrected chi connectivity index (χ4v) is 3.73. The number of benzene rings is 2. The molecule has 3 aromatic rings. The summed E-state index contributed by atoms with van der Waals surface area (Å²) in [6, 6.07) is 8.33. The Kier molecular flexibility index (Phi) is 5.84. The number of thiazole rings is 1. The molecular weight excluding hydrogens is 390 g/mol. The maximum absolute atomic E-state index is 14.4. The number of halogens is 2. The molecule has 0 aliphatic carbocycles. The molecule has 146 valence electrons. The minimum atomic E-state index is -0.860. The largest absolute Gasteiger partial charge is 0.496 e. The van der Waals surface area contributed by atoms with Gasteiger partial charge in [0.2, 0.25) is 0 Å². The monoisotopic (exact) mass is 406 g/mol. The average molecular weight is 406 g/mol. The highest BCUT2D eigenvalue weighted by Crippen LogP contribution is 2.23. The van der Waals surface area contributed by atoms with Gasteiger partial charge in [-0.05, 0) is 25.1 Å². The second-order valence-electron chi connectivity index (χ2n) is 5.63. The van der Waals surface area contributed by atoms with Crippen LogP contribution in [0.2, 0.25) is 0 Å². The van der Waals surface area contributed by atoms with E-state index in [1.807, 2.05) is 0 Å². The predicted octanol–water partition coefficient (Wildman–Crippen LogP) is 3.29. The van der Waals surface area contributed by atoms with Gasteiger partial charge in [-0.2, -0.15) is 4.99 Å². The van der Waals surface area contributed by atoms with Crippen molar-refractivity contribution >= 4 is 33.4 Å². The molecule has 1 aromatic heterocycles. The molecule has 0 radical (unpaired) electrons. The van der Waals surface area contributed by atoms with Crippen LogP contribution in [0.4, 0.5) is 8.78 Å². The zero-order valence-electron chi connectivity index (χ0n) is 15.1. The van der Waals surface area contributed by atoms with Gasteiger partial charge in [0.25, 0.3) is 5.91 Å². The lowest BCUT2D eigenvalue weighted by Crippen LogP contribution is -2.23. The lowest BCUT2D eigenvalue weighted by atomic mass is 10.2. The molecule has 2 aromatic carbocycles. The van der Waals surface area contributed by atoms with Crippen LogP contribution >= 0.6 is 11.3 Å². The van der Waals surface area contributed by atoms with Crippen LogP contribution in [0.15, 0.2) is 41.4 Å². The third-order valence-electron chi connectivity index (χ3n) is 3.82. The molecule has 6 nitrogen and oxygen atoms in total. The van der Waals surface area contributed by atoms with Gasteiger partial charge in [-0.3, -0.25) is 9.59 Å². The molecule has 9 heteroatoms. The van der Waals surface area contributed by atoms with E-state index in [4.69, 9.17) is 9.47 Å². The molecule has 28 heavy (non-hydrogen) atoms. The van der Waals surface area contributed by atoms with Gasteiger partial charge in [-0.15, -0.1) is 0 Å². The first kappa shape index (κ1) is 19.7. The number of hydrogen-bond donors (Lipinski definition) is 0. The van der Waals surface area contributed by atoms with Gasteiger partial charge < -0.3 is 14.0 Å². The van der Waals surface area contributed by atoms with Gasteiger partial charge >= 0.3 is 5.97 Å². The van der Waals surface area contributed by atoms with E-state index in [1.54, 1.807) is 25.1 Å². The van der Waals surface area contributed by atoms with Crippen molar-refractivity contribution in [3.8, 4) is 5.75 Å². The zero-order chi connectivity index (χ0) is 20.3. The Morgan fingerprint density at radius 1 is 1.21 bits per heavy atom. The Hall–Kier alpha value is -3.07. The quantitative estimate of drug-likeness (QED) is 0.610. The molecule has 0 N–H and O–H groups in total. The Morgan fingerprint density at radius 2 is 1.96 bits per heavy atom. The minimum absolute atomic E-state index is 0.0222. The first-order chi connectivity index (χ1) is 13.4. The minimum Gasteiger partial charge on any atom is -0.496 e. The van der Waals surface area contributed by atoms with Gasteiger partial charge in [-0.25, -0.2) is 8.78 Å². The maximum atomic E-state index is 14.4. The van der Waals surface area contributed by atoms with Crippen LogP contribution in [0.5, 0.6) is 5.75 Å². The predicted molar refractivity (Wildman–Crippen MR) is 99.3 cm³/mol. The zero-order valence-corrected chi connectivity index (χ0v) is 15.9. The number of aromatic nitrogens is 1.